The fourth-order valence-corrected chi connectivity index (χ4v) is 1.85. The number of anilines is 1. The van der Waals surface area contributed by atoms with Gasteiger partial charge in [0, 0.05) is 24.3 Å². The molecule has 3 heteroatoms. The maximum absolute atomic E-state index is 4.23. The van der Waals surface area contributed by atoms with Crippen molar-refractivity contribution in [1.82, 2.24) is 4.98 Å². The van der Waals surface area contributed by atoms with E-state index in [-0.39, 0.29) is 0 Å². The molecule has 0 unspecified atom stereocenters. The van der Waals surface area contributed by atoms with Crippen molar-refractivity contribution in [3.05, 3.63) is 23.7 Å². The number of aromatic nitrogens is 1. The lowest BCUT2D eigenvalue weighted by molar-refractivity contribution is 1.42. The molecule has 1 N–H and O–H groups in total. The Balaban J connectivity index is 2.79. The van der Waals surface area contributed by atoms with Crippen LogP contribution in [0.2, 0.25) is 0 Å². The standard InChI is InChI=1S/C8H8N2S/c1-9-7-2-4-10-8-6(7)3-5-11-8/h2-5H,1H3,(H,9,10). The van der Waals surface area contributed by atoms with Crippen molar-refractivity contribution >= 4 is 27.2 Å². The molecule has 11 heavy (non-hydrogen) atoms. The van der Waals surface area contributed by atoms with Crippen LogP contribution in [0.1, 0.15) is 0 Å². The molecule has 2 heterocycles. The number of thiophene rings is 1. The number of pyridine rings is 1. The smallest absolute Gasteiger partial charge is 0.125 e. The van der Waals surface area contributed by atoms with Crippen LogP contribution in [0, 0.1) is 0 Å². The summed E-state index contributed by atoms with van der Waals surface area (Å²) in [5, 5.41) is 6.39. The molecule has 0 atom stereocenters. The highest BCUT2D eigenvalue weighted by molar-refractivity contribution is 7.16. The molecule has 0 fully saturated rings. The van der Waals surface area contributed by atoms with Crippen molar-refractivity contribution in [3.8, 4) is 0 Å². The summed E-state index contributed by atoms with van der Waals surface area (Å²) in [5.74, 6) is 0. The quantitative estimate of drug-likeness (QED) is 0.699. The summed E-state index contributed by atoms with van der Waals surface area (Å²) in [7, 11) is 1.92. The third-order valence-electron chi connectivity index (χ3n) is 1.64. The van der Waals surface area contributed by atoms with E-state index in [0.717, 1.165) is 10.5 Å². The predicted molar refractivity (Wildman–Crippen MR) is 49.2 cm³/mol. The van der Waals surface area contributed by atoms with E-state index in [1.54, 1.807) is 11.3 Å². The average Bonchev–Trinajstić information content (AvgIpc) is 2.50. The first kappa shape index (κ1) is 6.61. The van der Waals surface area contributed by atoms with Gasteiger partial charge in [0.1, 0.15) is 4.83 Å². The van der Waals surface area contributed by atoms with Gasteiger partial charge >= 0.3 is 0 Å². The highest BCUT2D eigenvalue weighted by Gasteiger charge is 1.98. The second-order valence-corrected chi connectivity index (χ2v) is 3.14. The van der Waals surface area contributed by atoms with Gasteiger partial charge in [-0.3, -0.25) is 0 Å². The molecular weight excluding hydrogens is 156 g/mol. The van der Waals surface area contributed by atoms with E-state index in [1.807, 2.05) is 19.3 Å². The summed E-state index contributed by atoms with van der Waals surface area (Å²) < 4.78 is 0. The summed E-state index contributed by atoms with van der Waals surface area (Å²) in [5.41, 5.74) is 1.15. The number of hydrogen-bond donors (Lipinski definition) is 1. The molecule has 2 aromatic heterocycles. The minimum absolute atomic E-state index is 1.09. The van der Waals surface area contributed by atoms with Gasteiger partial charge in [-0.15, -0.1) is 11.3 Å². The Bertz CT molecular complexity index is 367. The van der Waals surface area contributed by atoms with E-state index in [4.69, 9.17) is 0 Å². The van der Waals surface area contributed by atoms with Gasteiger partial charge in [-0.1, -0.05) is 0 Å². The fraction of sp³-hybridized carbons (Fsp3) is 0.125. The van der Waals surface area contributed by atoms with Crippen LogP contribution in [-0.2, 0) is 0 Å². The molecule has 0 amide bonds. The summed E-state index contributed by atoms with van der Waals surface area (Å²) in [6, 6.07) is 4.06. The molecule has 2 rings (SSSR count). The van der Waals surface area contributed by atoms with Crippen LogP contribution in [0.3, 0.4) is 0 Å². The van der Waals surface area contributed by atoms with Crippen LogP contribution < -0.4 is 5.32 Å². The van der Waals surface area contributed by atoms with Gasteiger partial charge < -0.3 is 5.32 Å². The van der Waals surface area contributed by atoms with Crippen molar-refractivity contribution in [2.75, 3.05) is 12.4 Å². The summed E-state index contributed by atoms with van der Waals surface area (Å²) in [6.07, 6.45) is 1.82. The predicted octanol–water partition coefficient (Wildman–Crippen LogP) is 2.34. The first-order chi connectivity index (χ1) is 5.42. The molecule has 0 bridgehead atoms. The summed E-state index contributed by atoms with van der Waals surface area (Å²) >= 11 is 1.67. The minimum Gasteiger partial charge on any atom is -0.388 e. The molecule has 0 saturated carbocycles. The van der Waals surface area contributed by atoms with Crippen molar-refractivity contribution in [2.24, 2.45) is 0 Å². The Morgan fingerprint density at radius 3 is 3.18 bits per heavy atom. The van der Waals surface area contributed by atoms with E-state index in [9.17, 15) is 0 Å². The van der Waals surface area contributed by atoms with Crippen LogP contribution in [0.15, 0.2) is 23.7 Å². The molecule has 56 valence electrons. The zero-order valence-electron chi connectivity index (χ0n) is 6.16. The SMILES string of the molecule is CNc1ccnc2sccc12. The molecule has 2 nitrogen and oxygen atoms in total. The van der Waals surface area contributed by atoms with Crippen molar-refractivity contribution in [1.29, 1.82) is 0 Å². The number of nitrogens with zero attached hydrogens (tertiary/aromatic N) is 1. The minimum atomic E-state index is 1.09. The van der Waals surface area contributed by atoms with Crippen molar-refractivity contribution < 1.29 is 0 Å². The third-order valence-corrected chi connectivity index (χ3v) is 2.46. The van der Waals surface area contributed by atoms with Crippen molar-refractivity contribution in [2.45, 2.75) is 0 Å². The molecule has 2 aromatic rings. The lowest BCUT2D eigenvalue weighted by atomic mass is 10.3. The van der Waals surface area contributed by atoms with Gasteiger partial charge in [-0.25, -0.2) is 4.98 Å². The zero-order chi connectivity index (χ0) is 7.68. The Hall–Kier alpha value is -1.09. The highest BCUT2D eigenvalue weighted by Crippen LogP contribution is 2.24. The van der Waals surface area contributed by atoms with Crippen LogP contribution in [-0.4, -0.2) is 12.0 Å². The van der Waals surface area contributed by atoms with Crippen LogP contribution in [0.25, 0.3) is 10.2 Å². The van der Waals surface area contributed by atoms with E-state index in [1.165, 1.54) is 5.39 Å². The van der Waals surface area contributed by atoms with E-state index >= 15 is 0 Å². The second kappa shape index (κ2) is 2.51. The normalized spacial score (nSPS) is 10.3. The highest BCUT2D eigenvalue weighted by atomic mass is 32.1. The largest absolute Gasteiger partial charge is 0.388 e. The lowest BCUT2D eigenvalue weighted by Crippen LogP contribution is -1.87. The maximum atomic E-state index is 4.23. The molecule has 0 aliphatic heterocycles. The Morgan fingerprint density at radius 1 is 1.45 bits per heavy atom. The van der Waals surface area contributed by atoms with Crippen LogP contribution in [0.5, 0.6) is 0 Å². The number of fused-ring (bicyclic) bond motifs is 1. The van der Waals surface area contributed by atoms with Crippen molar-refractivity contribution in [3.63, 3.8) is 0 Å². The summed E-state index contributed by atoms with van der Waals surface area (Å²) in [4.78, 5) is 5.32. The number of rotatable bonds is 1. The Labute approximate surface area is 68.9 Å². The topological polar surface area (TPSA) is 24.9 Å². The van der Waals surface area contributed by atoms with Gasteiger partial charge in [0.2, 0.25) is 0 Å². The van der Waals surface area contributed by atoms with Crippen LogP contribution in [0.4, 0.5) is 5.69 Å². The van der Waals surface area contributed by atoms with E-state index in [2.05, 4.69) is 21.7 Å². The fourth-order valence-electron chi connectivity index (χ4n) is 1.09. The average molecular weight is 164 g/mol. The van der Waals surface area contributed by atoms with Gasteiger partial charge in [0.15, 0.2) is 0 Å². The van der Waals surface area contributed by atoms with Gasteiger partial charge in [0.05, 0.1) is 0 Å². The number of hydrogen-bond acceptors (Lipinski definition) is 3. The maximum Gasteiger partial charge on any atom is 0.125 e. The first-order valence-corrected chi connectivity index (χ1v) is 4.30. The molecule has 0 aromatic carbocycles. The molecule has 0 saturated heterocycles. The molecule has 0 spiro atoms. The monoisotopic (exact) mass is 164 g/mol. The van der Waals surface area contributed by atoms with Gasteiger partial charge in [-0.05, 0) is 17.5 Å². The first-order valence-electron chi connectivity index (χ1n) is 3.42. The molecule has 0 aliphatic carbocycles. The zero-order valence-corrected chi connectivity index (χ0v) is 6.98. The Kier molecular flexibility index (Phi) is 1.51. The Morgan fingerprint density at radius 2 is 2.36 bits per heavy atom. The third kappa shape index (κ3) is 0.973. The van der Waals surface area contributed by atoms with E-state index in [0.29, 0.717) is 0 Å². The van der Waals surface area contributed by atoms with Crippen LogP contribution >= 0.6 is 11.3 Å². The number of nitrogens with one attached hydrogen (secondary N) is 1. The molecule has 0 aliphatic rings. The second-order valence-electron chi connectivity index (χ2n) is 2.25. The van der Waals surface area contributed by atoms with E-state index < -0.39 is 0 Å². The van der Waals surface area contributed by atoms with Gasteiger partial charge in [0.25, 0.3) is 0 Å². The lowest BCUT2D eigenvalue weighted by Gasteiger charge is -1.98. The molecule has 0 radical (unpaired) electrons. The summed E-state index contributed by atoms with van der Waals surface area (Å²) in [6.45, 7) is 0. The molecular formula is C8H8N2S. The van der Waals surface area contributed by atoms with Gasteiger partial charge in [-0.2, -0.15) is 0 Å².